The molecule has 532 valence electrons. The van der Waals surface area contributed by atoms with E-state index in [0.29, 0.717) is 17.4 Å². The Morgan fingerprint density at radius 1 is 0.333 bits per heavy atom. The van der Waals surface area contributed by atoms with Crippen LogP contribution in [0.4, 0.5) is 0 Å². The van der Waals surface area contributed by atoms with Gasteiger partial charge in [0.05, 0.1) is 40.3 Å². The van der Waals surface area contributed by atoms with Gasteiger partial charge < -0.3 is 33.3 Å². The van der Waals surface area contributed by atoms with E-state index in [4.69, 9.17) is 18.9 Å². The molecular weight excluding hydrogens is 1150 g/mol. The van der Waals surface area contributed by atoms with E-state index in [1.165, 1.54) is 180 Å². The summed E-state index contributed by atoms with van der Waals surface area (Å²) in [5, 5.41) is 11.9. The largest absolute Gasteiger partial charge is 0.545 e. The van der Waals surface area contributed by atoms with Gasteiger partial charge in [0.2, 0.25) is 0 Å². The number of allylic oxidation sites excluding steroid dienone is 22. The predicted molar refractivity (Wildman–Crippen MR) is 398 cm³/mol. The van der Waals surface area contributed by atoms with Crippen LogP contribution in [0.2, 0.25) is 0 Å². The number of nitrogens with zero attached hydrogens (tertiary/aromatic N) is 1. The minimum Gasteiger partial charge on any atom is -0.545 e. The van der Waals surface area contributed by atoms with E-state index in [1.807, 2.05) is 21.1 Å². The summed E-state index contributed by atoms with van der Waals surface area (Å²) in [4.78, 5) is 37.6. The number of quaternary nitrogens is 1. The Labute approximate surface area is 573 Å². The number of hydrogen-bond donors (Lipinski definition) is 0. The number of carboxylic acids is 1. The predicted octanol–water partition coefficient (Wildman–Crippen LogP) is 23.1. The van der Waals surface area contributed by atoms with Crippen LogP contribution in [-0.4, -0.2) is 82.3 Å². The first-order chi connectivity index (χ1) is 45.6. The van der Waals surface area contributed by atoms with Crippen molar-refractivity contribution < 1.29 is 42.9 Å². The van der Waals surface area contributed by atoms with Gasteiger partial charge in [0.15, 0.2) is 12.4 Å². The van der Waals surface area contributed by atoms with E-state index in [0.717, 1.165) is 109 Å². The van der Waals surface area contributed by atoms with E-state index < -0.39 is 24.3 Å². The van der Waals surface area contributed by atoms with Gasteiger partial charge in [0.25, 0.3) is 0 Å². The van der Waals surface area contributed by atoms with E-state index in [-0.39, 0.29) is 38.6 Å². The standard InChI is InChI=1S/C84H143NO8/c1-6-8-10-12-14-16-18-20-22-24-26-28-30-32-34-36-38-40-41-43-45-47-49-51-53-55-57-59-61-63-65-67-69-71-73-75-82(87)93-80(79-92-84(83(88)89)90-77-76-85(3,4)5)78-91-81(86)74-72-70-68-66-64-62-60-58-56-54-52-50-48-46-44-42-39-37-35-33-31-29-27-25-23-21-19-17-15-13-11-9-7-2/h8,10,14,16,19-22,25-28,32,34,38,40,43,45,49,51,55,57,80,84H,6-7,9,11-13,15,17-18,23-24,29-31,33,35-37,39,41-42,44,46-48,50,52-54,56,58-79H2,1-5H3/b10-8-,16-14-,21-19-,22-20-,27-25-,28-26-,34-32-,40-38-,45-43-,51-49-,57-55-. The van der Waals surface area contributed by atoms with Gasteiger partial charge in [-0.2, -0.15) is 0 Å². The third-order valence-electron chi connectivity index (χ3n) is 16.4. The first-order valence-electron chi connectivity index (χ1n) is 38.3. The van der Waals surface area contributed by atoms with Crippen molar-refractivity contribution >= 4 is 17.9 Å². The molecule has 0 radical (unpaired) electrons. The highest BCUT2D eigenvalue weighted by Crippen LogP contribution is 2.18. The topological polar surface area (TPSA) is 111 Å². The molecular formula is C84H143NO8. The van der Waals surface area contributed by atoms with Crippen molar-refractivity contribution in [1.82, 2.24) is 0 Å². The maximum atomic E-state index is 13.0. The van der Waals surface area contributed by atoms with Gasteiger partial charge in [-0.3, -0.25) is 9.59 Å². The number of aliphatic carboxylic acids is 1. The lowest BCUT2D eigenvalue weighted by molar-refractivity contribution is -0.870. The Morgan fingerprint density at radius 2 is 0.613 bits per heavy atom. The summed E-state index contributed by atoms with van der Waals surface area (Å²) in [6.07, 6.45) is 103. The summed E-state index contributed by atoms with van der Waals surface area (Å²) >= 11 is 0. The van der Waals surface area contributed by atoms with Crippen LogP contribution in [0.25, 0.3) is 0 Å². The van der Waals surface area contributed by atoms with E-state index in [1.54, 1.807) is 0 Å². The second-order valence-corrected chi connectivity index (χ2v) is 26.6. The minimum absolute atomic E-state index is 0.140. The highest BCUT2D eigenvalue weighted by molar-refractivity contribution is 5.70. The van der Waals surface area contributed by atoms with Gasteiger partial charge >= 0.3 is 11.9 Å². The molecule has 0 aliphatic rings. The molecule has 0 aliphatic heterocycles. The van der Waals surface area contributed by atoms with Crippen molar-refractivity contribution in [2.45, 2.75) is 334 Å². The monoisotopic (exact) mass is 1290 g/mol. The number of carbonyl (C=O) groups excluding carboxylic acids is 3. The van der Waals surface area contributed by atoms with Crippen LogP contribution in [0.5, 0.6) is 0 Å². The molecule has 0 aromatic rings. The lowest BCUT2D eigenvalue weighted by atomic mass is 10.0. The second-order valence-electron chi connectivity index (χ2n) is 26.6. The molecule has 0 aromatic heterocycles. The van der Waals surface area contributed by atoms with Crippen LogP contribution in [0.3, 0.4) is 0 Å². The average Bonchev–Trinajstić information content (AvgIpc) is 3.74. The van der Waals surface area contributed by atoms with Crippen molar-refractivity contribution in [3.8, 4) is 0 Å². The molecule has 0 amide bonds. The second kappa shape index (κ2) is 73.2. The first kappa shape index (κ1) is 88.4. The van der Waals surface area contributed by atoms with Gasteiger partial charge in [0.1, 0.15) is 13.2 Å². The summed E-state index contributed by atoms with van der Waals surface area (Å²) in [6, 6.07) is 0. The molecule has 0 aromatic carbocycles. The van der Waals surface area contributed by atoms with Crippen molar-refractivity contribution in [3.05, 3.63) is 134 Å². The lowest BCUT2D eigenvalue weighted by Crippen LogP contribution is -2.44. The van der Waals surface area contributed by atoms with Gasteiger partial charge in [-0.05, 0) is 116 Å². The van der Waals surface area contributed by atoms with E-state index >= 15 is 0 Å². The molecule has 9 nitrogen and oxygen atoms in total. The number of hydrogen-bond acceptors (Lipinski definition) is 8. The third kappa shape index (κ3) is 74.7. The highest BCUT2D eigenvalue weighted by Gasteiger charge is 2.22. The number of esters is 2. The SMILES string of the molecule is CC/C=C\C/C=C\C/C=C\C/C=C\C/C=C\C/C=C\C/C=C\C/C=C\C/C=C\CCCCCCCCCC(=O)OC(COC(=O)CCCCCCCCCCCCCCCCCCCCCCC/C=C\C/C=C\CCCCCCC)COC(OCC[N+](C)(C)C)C(=O)[O-]. The van der Waals surface area contributed by atoms with Crippen molar-refractivity contribution in [1.29, 1.82) is 0 Å². The average molecular weight is 1300 g/mol. The van der Waals surface area contributed by atoms with E-state index in [9.17, 15) is 19.5 Å². The van der Waals surface area contributed by atoms with Crippen molar-refractivity contribution in [2.24, 2.45) is 0 Å². The molecule has 2 atom stereocenters. The Kier molecular flexibility index (Phi) is 69.6. The smallest absolute Gasteiger partial charge is 0.306 e. The number of unbranched alkanes of at least 4 members (excludes halogenated alkanes) is 33. The fraction of sp³-hybridized carbons (Fsp3) is 0.702. The van der Waals surface area contributed by atoms with Crippen LogP contribution in [-0.2, 0) is 33.3 Å². The summed E-state index contributed by atoms with van der Waals surface area (Å²) in [7, 11) is 5.93. The Bertz CT molecular complexity index is 2000. The van der Waals surface area contributed by atoms with Crippen LogP contribution < -0.4 is 5.11 Å². The Hall–Kier alpha value is -4.57. The van der Waals surface area contributed by atoms with Crippen molar-refractivity contribution in [2.75, 3.05) is 47.5 Å². The fourth-order valence-electron chi connectivity index (χ4n) is 10.6. The van der Waals surface area contributed by atoms with Gasteiger partial charge in [0, 0.05) is 12.8 Å². The zero-order valence-corrected chi connectivity index (χ0v) is 60.8. The quantitative estimate of drug-likeness (QED) is 0.0195. The molecule has 0 N–H and O–H groups in total. The maximum Gasteiger partial charge on any atom is 0.306 e. The first-order valence-corrected chi connectivity index (χ1v) is 38.3. The van der Waals surface area contributed by atoms with E-state index in [2.05, 4.69) is 148 Å². The number of carbonyl (C=O) groups is 3. The number of rotatable bonds is 70. The van der Waals surface area contributed by atoms with Crippen LogP contribution >= 0.6 is 0 Å². The number of likely N-dealkylation sites (N-methyl/N-ethyl adjacent to an activating group) is 1. The van der Waals surface area contributed by atoms with Crippen LogP contribution in [0.1, 0.15) is 322 Å². The highest BCUT2D eigenvalue weighted by atomic mass is 16.7. The zero-order chi connectivity index (χ0) is 67.5. The molecule has 0 spiro atoms. The van der Waals surface area contributed by atoms with Gasteiger partial charge in [-0.1, -0.05) is 327 Å². The molecule has 9 heteroatoms. The molecule has 0 bridgehead atoms. The van der Waals surface area contributed by atoms with Crippen LogP contribution in [0, 0.1) is 0 Å². The fourth-order valence-corrected chi connectivity index (χ4v) is 10.6. The summed E-state index contributed by atoms with van der Waals surface area (Å²) in [6.45, 7) is 4.63. The summed E-state index contributed by atoms with van der Waals surface area (Å²) in [5.74, 6) is -2.29. The molecule has 93 heavy (non-hydrogen) atoms. The normalized spacial score (nSPS) is 13.4. The van der Waals surface area contributed by atoms with Crippen molar-refractivity contribution in [3.63, 3.8) is 0 Å². The molecule has 0 heterocycles. The molecule has 0 saturated carbocycles. The summed E-state index contributed by atoms with van der Waals surface area (Å²) in [5.41, 5.74) is 0. The minimum atomic E-state index is -1.63. The molecule has 2 unspecified atom stereocenters. The van der Waals surface area contributed by atoms with Gasteiger partial charge in [-0.25, -0.2) is 0 Å². The summed E-state index contributed by atoms with van der Waals surface area (Å²) < 4.78 is 22.8. The molecule has 0 aliphatic carbocycles. The Morgan fingerprint density at radius 3 is 0.914 bits per heavy atom. The molecule has 0 saturated heterocycles. The number of ether oxygens (including phenoxy) is 4. The lowest BCUT2D eigenvalue weighted by Gasteiger charge is -2.26. The van der Waals surface area contributed by atoms with Gasteiger partial charge in [-0.15, -0.1) is 0 Å². The maximum absolute atomic E-state index is 13.0. The molecule has 0 fully saturated rings. The Balaban J connectivity index is 4.12. The number of carboxylic acid groups (broad SMARTS) is 1. The zero-order valence-electron chi connectivity index (χ0n) is 60.8. The molecule has 0 rings (SSSR count). The van der Waals surface area contributed by atoms with Crippen LogP contribution in [0.15, 0.2) is 134 Å². The third-order valence-corrected chi connectivity index (χ3v) is 16.4.